The molecule has 0 amide bonds. The molecule has 0 bridgehead atoms. The molecule has 2 aromatic carbocycles. The van der Waals surface area contributed by atoms with E-state index in [-0.39, 0.29) is 4.90 Å². The van der Waals surface area contributed by atoms with Gasteiger partial charge in [-0.3, -0.25) is 9.30 Å². The smallest absolute Gasteiger partial charge is 0.264 e. The predicted octanol–water partition coefficient (Wildman–Crippen LogP) is 3.29. The molecule has 2 aromatic rings. The molecule has 0 unspecified atom stereocenters. The average Bonchev–Trinajstić information content (AvgIpc) is 2.72. The van der Waals surface area contributed by atoms with E-state index in [1.54, 1.807) is 37.3 Å². The first-order chi connectivity index (χ1) is 14.7. The van der Waals surface area contributed by atoms with E-state index < -0.39 is 10.0 Å². The quantitative estimate of drug-likeness (QED) is 0.307. The van der Waals surface area contributed by atoms with E-state index in [1.807, 2.05) is 44.1 Å². The van der Waals surface area contributed by atoms with Crippen molar-refractivity contribution < 1.29 is 13.2 Å². The number of aliphatic imine (C=N–C) groups is 1. The Labute approximate surface area is 186 Å². The van der Waals surface area contributed by atoms with E-state index in [4.69, 9.17) is 10.5 Å². The lowest BCUT2D eigenvalue weighted by Gasteiger charge is -2.28. The number of benzene rings is 2. The lowest BCUT2D eigenvalue weighted by molar-refractivity contribution is 0.308. The Balaban J connectivity index is 2.30. The Morgan fingerprint density at radius 2 is 1.77 bits per heavy atom. The maximum atomic E-state index is 13.5. The molecule has 0 aromatic heterocycles. The highest BCUT2D eigenvalue weighted by Crippen LogP contribution is 2.33. The summed E-state index contributed by atoms with van der Waals surface area (Å²) in [6.45, 7) is 5.76. The number of rotatable bonds is 12. The molecule has 0 aliphatic rings. The first-order valence-corrected chi connectivity index (χ1v) is 11.9. The van der Waals surface area contributed by atoms with Gasteiger partial charge in [-0.2, -0.15) is 0 Å². The molecular weight excluding hydrogens is 412 g/mol. The third kappa shape index (κ3) is 7.56. The molecule has 0 spiro atoms. The normalized spacial score (nSPS) is 12.2. The second-order valence-electron chi connectivity index (χ2n) is 7.74. The molecule has 0 fully saturated rings. The number of likely N-dealkylation sites (N-methyl/N-ethyl adjacent to an activating group) is 1. The van der Waals surface area contributed by atoms with Gasteiger partial charge in [-0.05, 0) is 70.6 Å². The molecule has 0 atom stereocenters. The zero-order chi connectivity index (χ0) is 22.9. The van der Waals surface area contributed by atoms with Gasteiger partial charge in [0.2, 0.25) is 0 Å². The molecule has 31 heavy (non-hydrogen) atoms. The molecule has 7 nitrogen and oxygen atoms in total. The summed E-state index contributed by atoms with van der Waals surface area (Å²) >= 11 is 0. The average molecular weight is 447 g/mol. The first-order valence-electron chi connectivity index (χ1n) is 10.4. The first kappa shape index (κ1) is 24.7. The second kappa shape index (κ2) is 11.7. The van der Waals surface area contributed by atoms with Crippen LogP contribution in [0.1, 0.15) is 25.3 Å². The molecule has 2 rings (SSSR count). The SMILES string of the molecule is CC(N)=NCCCCOc1cc(C)ccc1N(CCN(C)C)S(=O)(=O)c1ccccc1. The Morgan fingerprint density at radius 3 is 2.42 bits per heavy atom. The van der Waals surface area contributed by atoms with E-state index in [9.17, 15) is 8.42 Å². The number of nitrogens with two attached hydrogens (primary N) is 1. The number of anilines is 1. The van der Waals surface area contributed by atoms with Crippen LogP contribution in [0.25, 0.3) is 0 Å². The zero-order valence-corrected chi connectivity index (χ0v) is 19.7. The van der Waals surface area contributed by atoms with E-state index in [0.29, 0.717) is 43.5 Å². The Hall–Kier alpha value is -2.58. The fraction of sp³-hybridized carbons (Fsp3) is 0.435. The topological polar surface area (TPSA) is 88.2 Å². The standard InChI is InChI=1S/C23H34N4O3S/c1-19-12-13-22(23(18-19)30-17-9-8-14-25-20(2)24)27(16-15-26(3)4)31(28,29)21-10-6-5-7-11-21/h5-7,10-13,18H,8-9,14-17H2,1-4H3,(H2,24,25). The van der Waals surface area contributed by atoms with Crippen molar-refractivity contribution in [3.8, 4) is 5.75 Å². The summed E-state index contributed by atoms with van der Waals surface area (Å²) in [7, 11) is 0.105. The molecule has 2 N–H and O–H groups in total. The number of hydrogen-bond donors (Lipinski definition) is 1. The third-order valence-corrected chi connectivity index (χ3v) is 6.46. The number of unbranched alkanes of at least 4 members (excludes halogenated alkanes) is 1. The van der Waals surface area contributed by atoms with Crippen LogP contribution in [0, 0.1) is 6.92 Å². The highest BCUT2D eigenvalue weighted by Gasteiger charge is 2.27. The van der Waals surface area contributed by atoms with Crippen molar-refractivity contribution in [1.29, 1.82) is 0 Å². The molecule has 8 heteroatoms. The number of amidine groups is 1. The highest BCUT2D eigenvalue weighted by molar-refractivity contribution is 7.92. The molecule has 0 heterocycles. The summed E-state index contributed by atoms with van der Waals surface area (Å²) in [4.78, 5) is 6.40. The monoisotopic (exact) mass is 446 g/mol. The van der Waals surface area contributed by atoms with Crippen LogP contribution in [0.15, 0.2) is 58.4 Å². The van der Waals surface area contributed by atoms with Gasteiger partial charge in [-0.25, -0.2) is 8.42 Å². The fourth-order valence-corrected chi connectivity index (χ4v) is 4.46. The zero-order valence-electron chi connectivity index (χ0n) is 18.9. The van der Waals surface area contributed by atoms with Crippen LogP contribution in [-0.2, 0) is 10.0 Å². The summed E-state index contributed by atoms with van der Waals surface area (Å²) in [5.74, 6) is 1.14. The van der Waals surface area contributed by atoms with Gasteiger partial charge < -0.3 is 15.4 Å². The largest absolute Gasteiger partial charge is 0.491 e. The number of nitrogens with zero attached hydrogens (tertiary/aromatic N) is 3. The van der Waals surface area contributed by atoms with E-state index in [0.717, 1.165) is 18.4 Å². The van der Waals surface area contributed by atoms with E-state index in [2.05, 4.69) is 4.99 Å². The minimum absolute atomic E-state index is 0.260. The molecule has 0 aliphatic heterocycles. The van der Waals surface area contributed by atoms with Gasteiger partial charge in [0.15, 0.2) is 0 Å². The lowest BCUT2D eigenvalue weighted by atomic mass is 10.2. The van der Waals surface area contributed by atoms with Crippen molar-refractivity contribution in [2.75, 3.05) is 44.6 Å². The summed E-state index contributed by atoms with van der Waals surface area (Å²) < 4.78 is 34.5. The Kier molecular flexibility index (Phi) is 9.33. The van der Waals surface area contributed by atoms with Crippen LogP contribution in [0.3, 0.4) is 0 Å². The van der Waals surface area contributed by atoms with Crippen LogP contribution in [0.5, 0.6) is 5.75 Å². The number of hydrogen-bond acceptors (Lipinski definition) is 5. The second-order valence-corrected chi connectivity index (χ2v) is 9.61. The van der Waals surface area contributed by atoms with Gasteiger partial charge in [0.1, 0.15) is 5.75 Å². The minimum Gasteiger partial charge on any atom is -0.491 e. The van der Waals surface area contributed by atoms with Crippen LogP contribution in [0.4, 0.5) is 5.69 Å². The maximum absolute atomic E-state index is 13.5. The number of ether oxygens (including phenoxy) is 1. The van der Waals surface area contributed by atoms with Crippen molar-refractivity contribution in [1.82, 2.24) is 4.90 Å². The molecule has 0 aliphatic carbocycles. The summed E-state index contributed by atoms with van der Waals surface area (Å²) in [6, 6.07) is 14.1. The van der Waals surface area contributed by atoms with Crippen LogP contribution in [0.2, 0.25) is 0 Å². The van der Waals surface area contributed by atoms with Crippen LogP contribution in [-0.4, -0.2) is 59.5 Å². The van der Waals surface area contributed by atoms with Crippen molar-refractivity contribution in [3.63, 3.8) is 0 Å². The number of aryl methyl sites for hydroxylation is 1. The summed E-state index contributed by atoms with van der Waals surface area (Å²) in [5, 5.41) is 0. The molecule has 0 saturated heterocycles. The minimum atomic E-state index is -3.74. The fourth-order valence-electron chi connectivity index (χ4n) is 2.98. The summed E-state index contributed by atoms with van der Waals surface area (Å²) in [6.07, 6.45) is 1.65. The van der Waals surface area contributed by atoms with Crippen LogP contribution < -0.4 is 14.8 Å². The van der Waals surface area contributed by atoms with Crippen molar-refractivity contribution >= 4 is 21.5 Å². The van der Waals surface area contributed by atoms with E-state index >= 15 is 0 Å². The van der Waals surface area contributed by atoms with Gasteiger partial charge >= 0.3 is 0 Å². The Bertz CT molecular complexity index is 956. The van der Waals surface area contributed by atoms with Crippen molar-refractivity contribution in [2.45, 2.75) is 31.6 Å². The highest BCUT2D eigenvalue weighted by atomic mass is 32.2. The van der Waals surface area contributed by atoms with E-state index in [1.165, 1.54) is 4.31 Å². The van der Waals surface area contributed by atoms with Gasteiger partial charge in [0.05, 0.1) is 23.0 Å². The maximum Gasteiger partial charge on any atom is 0.264 e. The Morgan fingerprint density at radius 1 is 1.06 bits per heavy atom. The van der Waals surface area contributed by atoms with Crippen molar-refractivity contribution in [3.05, 3.63) is 54.1 Å². The van der Waals surface area contributed by atoms with Gasteiger partial charge in [-0.15, -0.1) is 0 Å². The van der Waals surface area contributed by atoms with Gasteiger partial charge in [0.25, 0.3) is 10.0 Å². The number of sulfonamides is 1. The van der Waals surface area contributed by atoms with Crippen LogP contribution >= 0.6 is 0 Å². The third-order valence-electron chi connectivity index (χ3n) is 4.64. The summed E-state index contributed by atoms with van der Waals surface area (Å²) in [5.41, 5.74) is 7.11. The molecule has 0 saturated carbocycles. The van der Waals surface area contributed by atoms with Gasteiger partial charge in [0, 0.05) is 19.6 Å². The van der Waals surface area contributed by atoms with Crippen molar-refractivity contribution in [2.24, 2.45) is 10.7 Å². The van der Waals surface area contributed by atoms with Gasteiger partial charge in [-0.1, -0.05) is 24.3 Å². The molecule has 0 radical (unpaired) electrons. The predicted molar refractivity (Wildman–Crippen MR) is 128 cm³/mol. The molecular formula is C23H34N4O3S. The molecule has 170 valence electrons. The lowest BCUT2D eigenvalue weighted by Crippen LogP contribution is -2.37.